The minimum Gasteiger partial charge on any atom is -0.497 e. The summed E-state index contributed by atoms with van der Waals surface area (Å²) in [5.41, 5.74) is 2.82. The SMILES string of the molecule is COc1ccc2c(c1)CNCC2CNC(C)C. The fourth-order valence-corrected chi connectivity index (χ4v) is 2.31. The van der Waals surface area contributed by atoms with Crippen LogP contribution in [0.5, 0.6) is 5.75 Å². The molecule has 1 aliphatic rings. The smallest absolute Gasteiger partial charge is 0.119 e. The standard InChI is InChI=1S/C14H22N2O/c1-10(2)16-9-12-8-15-7-11-6-13(17-3)4-5-14(11)12/h4-6,10,12,15-16H,7-9H2,1-3H3. The molecule has 0 fully saturated rings. The van der Waals surface area contributed by atoms with E-state index >= 15 is 0 Å². The molecule has 0 aliphatic carbocycles. The Morgan fingerprint density at radius 3 is 3.00 bits per heavy atom. The molecule has 3 nitrogen and oxygen atoms in total. The van der Waals surface area contributed by atoms with Gasteiger partial charge in [-0.15, -0.1) is 0 Å². The Morgan fingerprint density at radius 2 is 2.29 bits per heavy atom. The van der Waals surface area contributed by atoms with Crippen LogP contribution in [-0.2, 0) is 6.54 Å². The zero-order valence-electron chi connectivity index (χ0n) is 10.9. The topological polar surface area (TPSA) is 33.3 Å². The second-order valence-electron chi connectivity index (χ2n) is 4.96. The molecule has 0 bridgehead atoms. The van der Waals surface area contributed by atoms with E-state index in [9.17, 15) is 0 Å². The van der Waals surface area contributed by atoms with E-state index in [1.807, 2.05) is 0 Å². The lowest BCUT2D eigenvalue weighted by Gasteiger charge is -2.27. The first-order chi connectivity index (χ1) is 8.20. The largest absolute Gasteiger partial charge is 0.497 e. The molecule has 2 rings (SSSR count). The van der Waals surface area contributed by atoms with Crippen molar-refractivity contribution < 1.29 is 4.74 Å². The summed E-state index contributed by atoms with van der Waals surface area (Å²) in [7, 11) is 1.72. The van der Waals surface area contributed by atoms with E-state index < -0.39 is 0 Å². The first-order valence-corrected chi connectivity index (χ1v) is 6.31. The quantitative estimate of drug-likeness (QED) is 0.834. The van der Waals surface area contributed by atoms with Gasteiger partial charge in [-0.2, -0.15) is 0 Å². The summed E-state index contributed by atoms with van der Waals surface area (Å²) < 4.78 is 5.27. The highest BCUT2D eigenvalue weighted by Crippen LogP contribution is 2.27. The molecule has 0 radical (unpaired) electrons. The fourth-order valence-electron chi connectivity index (χ4n) is 2.31. The van der Waals surface area contributed by atoms with Crippen molar-refractivity contribution in [3.63, 3.8) is 0 Å². The summed E-state index contributed by atoms with van der Waals surface area (Å²) in [6.45, 7) is 7.41. The van der Waals surface area contributed by atoms with Crippen LogP contribution in [-0.4, -0.2) is 26.2 Å². The number of benzene rings is 1. The monoisotopic (exact) mass is 234 g/mol. The molecule has 0 amide bonds. The fraction of sp³-hybridized carbons (Fsp3) is 0.571. The summed E-state index contributed by atoms with van der Waals surface area (Å²) in [5.74, 6) is 1.51. The van der Waals surface area contributed by atoms with Gasteiger partial charge in [-0.3, -0.25) is 0 Å². The molecule has 94 valence electrons. The Hall–Kier alpha value is -1.06. The lowest BCUT2D eigenvalue weighted by atomic mass is 9.90. The molecule has 1 heterocycles. The zero-order chi connectivity index (χ0) is 12.3. The molecular weight excluding hydrogens is 212 g/mol. The van der Waals surface area contributed by atoms with Gasteiger partial charge < -0.3 is 15.4 Å². The predicted octanol–water partition coefficient (Wildman–Crippen LogP) is 1.88. The Balaban J connectivity index is 2.14. The average molecular weight is 234 g/mol. The van der Waals surface area contributed by atoms with Gasteiger partial charge in [-0.05, 0) is 23.3 Å². The third-order valence-electron chi connectivity index (χ3n) is 3.27. The molecule has 0 aromatic heterocycles. The minimum atomic E-state index is 0.540. The Bertz CT molecular complexity index is 376. The lowest BCUT2D eigenvalue weighted by molar-refractivity contribution is 0.411. The van der Waals surface area contributed by atoms with Crippen LogP contribution in [0.3, 0.4) is 0 Å². The van der Waals surface area contributed by atoms with Crippen molar-refractivity contribution in [2.24, 2.45) is 0 Å². The van der Waals surface area contributed by atoms with Gasteiger partial charge in [0.1, 0.15) is 5.75 Å². The van der Waals surface area contributed by atoms with Gasteiger partial charge in [0, 0.05) is 31.6 Å². The molecule has 1 aromatic carbocycles. The predicted molar refractivity (Wildman–Crippen MR) is 70.6 cm³/mol. The molecule has 2 N–H and O–H groups in total. The van der Waals surface area contributed by atoms with Crippen molar-refractivity contribution in [2.45, 2.75) is 32.4 Å². The molecular formula is C14H22N2O. The van der Waals surface area contributed by atoms with Crippen molar-refractivity contribution in [3.8, 4) is 5.75 Å². The van der Waals surface area contributed by atoms with Crippen LogP contribution in [0.4, 0.5) is 0 Å². The second kappa shape index (κ2) is 5.52. The van der Waals surface area contributed by atoms with E-state index in [4.69, 9.17) is 4.74 Å². The number of fused-ring (bicyclic) bond motifs is 1. The first-order valence-electron chi connectivity index (χ1n) is 6.31. The van der Waals surface area contributed by atoms with Crippen LogP contribution < -0.4 is 15.4 Å². The van der Waals surface area contributed by atoms with Crippen LogP contribution >= 0.6 is 0 Å². The minimum absolute atomic E-state index is 0.540. The van der Waals surface area contributed by atoms with E-state index in [0.717, 1.165) is 25.4 Å². The Morgan fingerprint density at radius 1 is 1.47 bits per heavy atom. The third-order valence-corrected chi connectivity index (χ3v) is 3.27. The summed E-state index contributed by atoms with van der Waals surface area (Å²) in [6, 6.07) is 6.96. The van der Waals surface area contributed by atoms with Gasteiger partial charge >= 0.3 is 0 Å². The van der Waals surface area contributed by atoms with Crippen LogP contribution in [0.25, 0.3) is 0 Å². The van der Waals surface area contributed by atoms with Crippen molar-refractivity contribution in [1.29, 1.82) is 0 Å². The van der Waals surface area contributed by atoms with Crippen molar-refractivity contribution in [3.05, 3.63) is 29.3 Å². The van der Waals surface area contributed by atoms with Gasteiger partial charge in [0.2, 0.25) is 0 Å². The second-order valence-corrected chi connectivity index (χ2v) is 4.96. The molecule has 1 aliphatic heterocycles. The van der Waals surface area contributed by atoms with E-state index in [0.29, 0.717) is 12.0 Å². The number of ether oxygens (including phenoxy) is 1. The molecule has 0 spiro atoms. The normalized spacial score (nSPS) is 19.2. The molecule has 1 aromatic rings. The maximum absolute atomic E-state index is 5.27. The highest BCUT2D eigenvalue weighted by atomic mass is 16.5. The first kappa shape index (κ1) is 12.4. The molecule has 17 heavy (non-hydrogen) atoms. The van der Waals surface area contributed by atoms with E-state index in [-0.39, 0.29) is 0 Å². The highest BCUT2D eigenvalue weighted by molar-refractivity contribution is 5.39. The number of hydrogen-bond donors (Lipinski definition) is 2. The third kappa shape index (κ3) is 2.99. The molecule has 3 heteroatoms. The van der Waals surface area contributed by atoms with E-state index in [1.54, 1.807) is 7.11 Å². The number of nitrogens with one attached hydrogen (secondary N) is 2. The maximum atomic E-state index is 5.27. The summed E-state index contributed by atoms with van der Waals surface area (Å²) in [5, 5.41) is 6.98. The lowest BCUT2D eigenvalue weighted by Crippen LogP contribution is -2.36. The van der Waals surface area contributed by atoms with Crippen molar-refractivity contribution >= 4 is 0 Å². The molecule has 1 atom stereocenters. The van der Waals surface area contributed by atoms with Crippen LogP contribution in [0, 0.1) is 0 Å². The summed E-state index contributed by atoms with van der Waals surface area (Å²) in [4.78, 5) is 0. The van der Waals surface area contributed by atoms with Gasteiger partial charge in [-0.1, -0.05) is 19.9 Å². The average Bonchev–Trinajstić information content (AvgIpc) is 2.35. The summed E-state index contributed by atoms with van der Waals surface area (Å²) >= 11 is 0. The van der Waals surface area contributed by atoms with E-state index in [1.165, 1.54) is 11.1 Å². The number of rotatable bonds is 4. The molecule has 1 unspecified atom stereocenters. The van der Waals surface area contributed by atoms with Crippen LogP contribution in [0.1, 0.15) is 30.9 Å². The van der Waals surface area contributed by atoms with Gasteiger partial charge in [0.05, 0.1) is 7.11 Å². The molecule has 0 saturated carbocycles. The number of methoxy groups -OCH3 is 1. The number of hydrogen-bond acceptors (Lipinski definition) is 3. The van der Waals surface area contributed by atoms with Gasteiger partial charge in [0.15, 0.2) is 0 Å². The van der Waals surface area contributed by atoms with Gasteiger partial charge in [0.25, 0.3) is 0 Å². The van der Waals surface area contributed by atoms with E-state index in [2.05, 4.69) is 42.7 Å². The van der Waals surface area contributed by atoms with Crippen LogP contribution in [0.15, 0.2) is 18.2 Å². The molecule has 0 saturated heterocycles. The Kier molecular flexibility index (Phi) is 4.02. The maximum Gasteiger partial charge on any atom is 0.119 e. The Labute approximate surface area is 104 Å². The van der Waals surface area contributed by atoms with Crippen molar-refractivity contribution in [2.75, 3.05) is 20.2 Å². The summed E-state index contributed by atoms with van der Waals surface area (Å²) in [6.07, 6.45) is 0. The van der Waals surface area contributed by atoms with Crippen molar-refractivity contribution in [1.82, 2.24) is 10.6 Å². The van der Waals surface area contributed by atoms with Crippen LogP contribution in [0.2, 0.25) is 0 Å². The van der Waals surface area contributed by atoms with Gasteiger partial charge in [-0.25, -0.2) is 0 Å². The zero-order valence-corrected chi connectivity index (χ0v) is 10.9. The highest BCUT2D eigenvalue weighted by Gasteiger charge is 2.20.